The average Bonchev–Trinajstić information content (AvgIpc) is 2.15. The van der Waals surface area contributed by atoms with Gasteiger partial charge in [0.1, 0.15) is 0 Å². The van der Waals surface area contributed by atoms with E-state index in [0.717, 1.165) is 28.7 Å². The van der Waals surface area contributed by atoms with Gasteiger partial charge in [-0.05, 0) is 30.7 Å². The molecule has 2 N–H and O–H groups in total. The lowest BCUT2D eigenvalue weighted by Gasteiger charge is -2.03. The van der Waals surface area contributed by atoms with Crippen LogP contribution in [-0.2, 0) is 23.8 Å². The SMILES string of the molecule is CCc1cccc([S+]=P(O)(O)S)c1CC. The fourth-order valence-corrected chi connectivity index (χ4v) is 4.45. The van der Waals surface area contributed by atoms with Crippen LogP contribution in [-0.4, -0.2) is 9.79 Å². The van der Waals surface area contributed by atoms with Gasteiger partial charge in [0.05, 0.1) is 0 Å². The first kappa shape index (κ1) is 13.2. The molecule has 0 aliphatic carbocycles. The molecule has 15 heavy (non-hydrogen) atoms. The summed E-state index contributed by atoms with van der Waals surface area (Å²) in [5, 5.41) is 0. The minimum Gasteiger partial charge on any atom is -0.304 e. The number of rotatable bonds is 3. The van der Waals surface area contributed by atoms with Gasteiger partial charge in [-0.25, -0.2) is 0 Å². The Morgan fingerprint density at radius 1 is 1.27 bits per heavy atom. The van der Waals surface area contributed by atoms with Crippen molar-refractivity contribution in [2.24, 2.45) is 0 Å². The van der Waals surface area contributed by atoms with Crippen LogP contribution in [0.2, 0.25) is 0 Å². The molecule has 5 heteroatoms. The normalized spacial score (nSPS) is 11.5. The smallest absolute Gasteiger partial charge is 0.304 e. The molecule has 1 aromatic carbocycles. The molecule has 0 aromatic heterocycles. The Bertz CT molecular complexity index is 390. The van der Waals surface area contributed by atoms with Crippen molar-refractivity contribution in [1.82, 2.24) is 0 Å². The van der Waals surface area contributed by atoms with Crippen LogP contribution in [0.25, 0.3) is 0 Å². The third-order valence-electron chi connectivity index (χ3n) is 2.19. The summed E-state index contributed by atoms with van der Waals surface area (Å²) in [6, 6.07) is 5.94. The molecule has 0 saturated heterocycles. The summed E-state index contributed by atoms with van der Waals surface area (Å²) in [6.45, 7) is 4.18. The van der Waals surface area contributed by atoms with Crippen molar-refractivity contribution >= 4 is 28.9 Å². The largest absolute Gasteiger partial charge is 0.434 e. The number of hydrogen-bond donors (Lipinski definition) is 3. The summed E-state index contributed by atoms with van der Waals surface area (Å²) in [6.07, 6.45) is 1.87. The molecular formula is C10H16O2PS2+. The predicted octanol–water partition coefficient (Wildman–Crippen LogP) is 2.84. The van der Waals surface area contributed by atoms with E-state index >= 15 is 0 Å². The summed E-state index contributed by atoms with van der Waals surface area (Å²) < 4.78 is 0. The maximum absolute atomic E-state index is 9.35. The van der Waals surface area contributed by atoms with Crippen LogP contribution in [0.15, 0.2) is 23.1 Å². The standard InChI is InChI=1S/C10H16O2PS2/c1-3-8-6-5-7-10(9(8)4-2)15-13(11,12)14/h5-7,11-12,14H,3-4H2,1-2H3/q+1. The minimum absolute atomic E-state index is 0.903. The summed E-state index contributed by atoms with van der Waals surface area (Å²) in [4.78, 5) is 19.6. The fourth-order valence-electron chi connectivity index (χ4n) is 1.56. The van der Waals surface area contributed by atoms with E-state index in [0.29, 0.717) is 0 Å². The van der Waals surface area contributed by atoms with Crippen molar-refractivity contribution in [1.29, 1.82) is 0 Å². The molecule has 0 spiro atoms. The average molecular weight is 263 g/mol. The van der Waals surface area contributed by atoms with Gasteiger partial charge in [0.2, 0.25) is 4.90 Å². The zero-order valence-corrected chi connectivity index (χ0v) is 11.4. The topological polar surface area (TPSA) is 40.5 Å². The van der Waals surface area contributed by atoms with E-state index in [9.17, 15) is 9.79 Å². The number of thiol groups is 1. The molecule has 0 atom stereocenters. The molecule has 0 heterocycles. The number of aryl methyl sites for hydroxylation is 1. The molecule has 2 nitrogen and oxygen atoms in total. The lowest BCUT2D eigenvalue weighted by atomic mass is 10.0. The first-order valence-electron chi connectivity index (χ1n) is 4.85. The summed E-state index contributed by atoms with van der Waals surface area (Å²) in [7, 11) is 1.07. The first-order valence-corrected chi connectivity index (χ1v) is 9.12. The van der Waals surface area contributed by atoms with Gasteiger partial charge in [-0.3, -0.25) is 0 Å². The van der Waals surface area contributed by atoms with Crippen molar-refractivity contribution < 1.29 is 9.79 Å². The van der Waals surface area contributed by atoms with Crippen LogP contribution in [0.5, 0.6) is 0 Å². The zero-order valence-electron chi connectivity index (χ0n) is 8.84. The molecule has 1 aromatic rings. The van der Waals surface area contributed by atoms with E-state index in [1.807, 2.05) is 12.1 Å². The quantitative estimate of drug-likeness (QED) is 0.446. The van der Waals surface area contributed by atoms with Gasteiger partial charge in [0, 0.05) is 11.6 Å². The van der Waals surface area contributed by atoms with E-state index in [1.54, 1.807) is 0 Å². The van der Waals surface area contributed by atoms with Gasteiger partial charge >= 0.3 is 5.69 Å². The van der Waals surface area contributed by atoms with Crippen molar-refractivity contribution in [3.05, 3.63) is 29.3 Å². The van der Waals surface area contributed by atoms with Crippen molar-refractivity contribution in [2.45, 2.75) is 31.6 Å². The van der Waals surface area contributed by atoms with Gasteiger partial charge in [0.25, 0.3) is 10.9 Å². The maximum Gasteiger partial charge on any atom is 0.434 e. The Hall–Kier alpha value is 0.140. The highest BCUT2D eigenvalue weighted by molar-refractivity contribution is 8.62. The third-order valence-corrected chi connectivity index (χ3v) is 5.07. The van der Waals surface area contributed by atoms with E-state index in [2.05, 4.69) is 32.2 Å². The summed E-state index contributed by atoms with van der Waals surface area (Å²) >= 11 is 3.80. The molecule has 0 saturated carbocycles. The maximum atomic E-state index is 9.35. The molecule has 0 unspecified atom stereocenters. The monoisotopic (exact) mass is 263 g/mol. The van der Waals surface area contributed by atoms with Crippen LogP contribution in [0.1, 0.15) is 25.0 Å². The molecule has 0 aliphatic heterocycles. The number of benzene rings is 1. The molecule has 0 radical (unpaired) electrons. The second kappa shape index (κ2) is 5.46. The van der Waals surface area contributed by atoms with Crippen molar-refractivity contribution in [2.75, 3.05) is 0 Å². The second-order valence-corrected chi connectivity index (χ2v) is 9.41. The van der Waals surface area contributed by atoms with E-state index in [4.69, 9.17) is 0 Å². The van der Waals surface area contributed by atoms with Crippen molar-refractivity contribution in [3.8, 4) is 0 Å². The molecule has 0 bridgehead atoms. The van der Waals surface area contributed by atoms with Gasteiger partial charge in [-0.15, -0.1) is 0 Å². The summed E-state index contributed by atoms with van der Waals surface area (Å²) in [5.41, 5.74) is -0.629. The zero-order chi connectivity index (χ0) is 11.5. The Labute approximate surface area is 99.6 Å². The van der Waals surface area contributed by atoms with Crippen LogP contribution in [0.3, 0.4) is 0 Å². The number of hydrogen-bond acceptors (Lipinski definition) is 0. The lowest BCUT2D eigenvalue weighted by Crippen LogP contribution is -1.94. The van der Waals surface area contributed by atoms with Crippen LogP contribution in [0, 0.1) is 0 Å². The van der Waals surface area contributed by atoms with Gasteiger partial charge in [0.15, 0.2) is 0 Å². The van der Waals surface area contributed by atoms with Crippen molar-refractivity contribution in [3.63, 3.8) is 0 Å². The molecule has 1 rings (SSSR count). The fraction of sp³-hybridized carbons (Fsp3) is 0.400. The predicted molar refractivity (Wildman–Crippen MR) is 71.2 cm³/mol. The molecule has 0 fully saturated rings. The Morgan fingerprint density at radius 2 is 1.93 bits per heavy atom. The highest BCUT2D eigenvalue weighted by atomic mass is 32.9. The summed E-state index contributed by atoms with van der Waals surface area (Å²) in [5.74, 6) is 0. The Kier molecular flexibility index (Phi) is 4.81. The molecule has 0 amide bonds. The highest BCUT2D eigenvalue weighted by Crippen LogP contribution is 2.45. The van der Waals surface area contributed by atoms with Gasteiger partial charge in [-0.2, -0.15) is 0 Å². The molecule has 0 aliphatic rings. The molecular weight excluding hydrogens is 247 g/mol. The van der Waals surface area contributed by atoms with Gasteiger partial charge in [-0.1, -0.05) is 26.0 Å². The lowest BCUT2D eigenvalue weighted by molar-refractivity contribution is 0.502. The Balaban J connectivity index is 3.30. The minimum atomic E-state index is -3.10. The van der Waals surface area contributed by atoms with Gasteiger partial charge < -0.3 is 9.79 Å². The third kappa shape index (κ3) is 3.89. The van der Waals surface area contributed by atoms with Crippen LogP contribution in [0.4, 0.5) is 0 Å². The Morgan fingerprint density at radius 3 is 2.40 bits per heavy atom. The molecule has 84 valence electrons. The van der Waals surface area contributed by atoms with E-state index in [-0.39, 0.29) is 0 Å². The van der Waals surface area contributed by atoms with Crippen LogP contribution >= 0.6 is 17.9 Å². The highest BCUT2D eigenvalue weighted by Gasteiger charge is 2.22. The van der Waals surface area contributed by atoms with E-state index < -0.39 is 5.69 Å². The first-order chi connectivity index (χ1) is 6.98. The van der Waals surface area contributed by atoms with E-state index in [1.165, 1.54) is 11.1 Å². The van der Waals surface area contributed by atoms with Crippen LogP contribution < -0.4 is 0 Å². The second-order valence-electron chi connectivity index (χ2n) is 3.21.